The van der Waals surface area contributed by atoms with Gasteiger partial charge < -0.3 is 0 Å². The number of fused-ring (bicyclic) bond motifs is 1. The summed E-state index contributed by atoms with van der Waals surface area (Å²) in [5.74, 6) is 0.527. The SMILES string of the molecule is CCCN1CCCCC1c1nc2ccccc2n1C(F)F. The number of halogens is 2. The molecule has 0 amide bonds. The van der Waals surface area contributed by atoms with Gasteiger partial charge in [-0.2, -0.15) is 8.78 Å². The fraction of sp³-hybridized carbons (Fsp3) is 0.562. The smallest absolute Gasteiger partial charge is 0.293 e. The summed E-state index contributed by atoms with van der Waals surface area (Å²) >= 11 is 0. The van der Waals surface area contributed by atoms with Crippen LogP contribution in [0, 0.1) is 0 Å². The fourth-order valence-corrected chi connectivity index (χ4v) is 3.34. The molecule has 0 bridgehead atoms. The van der Waals surface area contributed by atoms with Crippen LogP contribution >= 0.6 is 0 Å². The predicted molar refractivity (Wildman–Crippen MR) is 79.4 cm³/mol. The topological polar surface area (TPSA) is 21.1 Å². The highest BCUT2D eigenvalue weighted by Crippen LogP contribution is 2.34. The largest absolute Gasteiger partial charge is 0.320 e. The Balaban J connectivity index is 2.07. The second kappa shape index (κ2) is 6.10. The molecule has 3 nitrogen and oxygen atoms in total. The average molecular weight is 293 g/mol. The van der Waals surface area contributed by atoms with E-state index in [1.54, 1.807) is 12.1 Å². The van der Waals surface area contributed by atoms with Crippen LogP contribution in [0.3, 0.4) is 0 Å². The highest BCUT2D eigenvalue weighted by molar-refractivity contribution is 5.76. The van der Waals surface area contributed by atoms with Gasteiger partial charge in [-0.25, -0.2) is 4.98 Å². The normalized spacial score (nSPS) is 20.5. The van der Waals surface area contributed by atoms with E-state index in [9.17, 15) is 8.78 Å². The number of benzene rings is 1. The highest BCUT2D eigenvalue weighted by atomic mass is 19.3. The van der Waals surface area contributed by atoms with Crippen LogP contribution in [0.4, 0.5) is 8.78 Å². The Morgan fingerprint density at radius 3 is 2.86 bits per heavy atom. The lowest BCUT2D eigenvalue weighted by atomic mass is 10.0. The first-order chi connectivity index (χ1) is 10.2. The van der Waals surface area contributed by atoms with E-state index in [0.717, 1.165) is 43.3 Å². The predicted octanol–water partition coefficient (Wildman–Crippen LogP) is 4.37. The van der Waals surface area contributed by atoms with Crippen LogP contribution in [0.15, 0.2) is 24.3 Å². The van der Waals surface area contributed by atoms with Gasteiger partial charge in [0.25, 0.3) is 0 Å². The molecular weight excluding hydrogens is 272 g/mol. The zero-order valence-corrected chi connectivity index (χ0v) is 12.3. The van der Waals surface area contributed by atoms with Crippen LogP contribution < -0.4 is 0 Å². The molecule has 1 fully saturated rings. The van der Waals surface area contributed by atoms with Crippen LogP contribution in [-0.2, 0) is 0 Å². The second-order valence-corrected chi connectivity index (χ2v) is 5.65. The molecule has 0 saturated carbocycles. The second-order valence-electron chi connectivity index (χ2n) is 5.65. The van der Waals surface area contributed by atoms with Gasteiger partial charge in [0.1, 0.15) is 5.82 Å². The van der Waals surface area contributed by atoms with Crippen molar-refractivity contribution in [3.63, 3.8) is 0 Å². The monoisotopic (exact) mass is 293 g/mol. The lowest BCUT2D eigenvalue weighted by Crippen LogP contribution is -2.35. The number of aromatic nitrogens is 2. The zero-order chi connectivity index (χ0) is 14.8. The van der Waals surface area contributed by atoms with Gasteiger partial charge in [0.15, 0.2) is 0 Å². The van der Waals surface area contributed by atoms with E-state index in [1.807, 2.05) is 12.1 Å². The molecular formula is C16H21F2N3. The van der Waals surface area contributed by atoms with Crippen LogP contribution in [0.2, 0.25) is 0 Å². The van der Waals surface area contributed by atoms with Crippen molar-refractivity contribution in [2.45, 2.75) is 45.2 Å². The summed E-state index contributed by atoms with van der Waals surface area (Å²) in [6, 6.07) is 7.19. The Morgan fingerprint density at radius 1 is 1.29 bits per heavy atom. The Bertz CT molecular complexity index is 607. The molecule has 2 heterocycles. The summed E-state index contributed by atoms with van der Waals surface area (Å²) in [4.78, 5) is 6.84. The molecule has 1 unspecified atom stereocenters. The van der Waals surface area contributed by atoms with E-state index in [1.165, 1.54) is 0 Å². The van der Waals surface area contributed by atoms with Crippen LogP contribution in [0.25, 0.3) is 11.0 Å². The minimum atomic E-state index is -2.54. The van der Waals surface area contributed by atoms with Crippen molar-refractivity contribution < 1.29 is 8.78 Å². The molecule has 1 atom stereocenters. The number of likely N-dealkylation sites (tertiary alicyclic amines) is 1. The Morgan fingerprint density at radius 2 is 2.10 bits per heavy atom. The maximum atomic E-state index is 13.6. The third kappa shape index (κ3) is 2.67. The number of hydrogen-bond acceptors (Lipinski definition) is 2. The molecule has 21 heavy (non-hydrogen) atoms. The summed E-state index contributed by atoms with van der Waals surface area (Å²) < 4.78 is 28.2. The maximum Gasteiger partial charge on any atom is 0.320 e. The molecule has 0 spiro atoms. The van der Waals surface area contributed by atoms with Gasteiger partial charge in [0.2, 0.25) is 0 Å². The number of alkyl halides is 2. The minimum Gasteiger partial charge on any atom is -0.293 e. The molecule has 1 aromatic carbocycles. The Labute approximate surface area is 123 Å². The molecule has 1 aromatic heterocycles. The lowest BCUT2D eigenvalue weighted by molar-refractivity contribution is 0.0587. The van der Waals surface area contributed by atoms with Crippen molar-refractivity contribution in [2.75, 3.05) is 13.1 Å². The summed E-state index contributed by atoms with van der Waals surface area (Å²) in [6.07, 6.45) is 4.17. The molecule has 1 aliphatic rings. The Hall–Kier alpha value is -1.49. The van der Waals surface area contributed by atoms with Crippen LogP contribution in [-0.4, -0.2) is 27.5 Å². The van der Waals surface area contributed by atoms with E-state index in [-0.39, 0.29) is 6.04 Å². The number of imidazole rings is 1. The molecule has 2 aromatic rings. The van der Waals surface area contributed by atoms with E-state index in [4.69, 9.17) is 0 Å². The van der Waals surface area contributed by atoms with Crippen molar-refractivity contribution in [2.24, 2.45) is 0 Å². The first kappa shape index (κ1) is 14.4. The summed E-state index contributed by atoms with van der Waals surface area (Å²) in [5, 5.41) is 0. The van der Waals surface area contributed by atoms with Gasteiger partial charge >= 0.3 is 6.55 Å². The van der Waals surface area contributed by atoms with Crippen molar-refractivity contribution in [1.29, 1.82) is 0 Å². The number of hydrogen-bond donors (Lipinski definition) is 0. The van der Waals surface area contributed by atoms with Gasteiger partial charge in [-0.3, -0.25) is 9.47 Å². The molecule has 5 heteroatoms. The quantitative estimate of drug-likeness (QED) is 0.834. The van der Waals surface area contributed by atoms with E-state index >= 15 is 0 Å². The summed E-state index contributed by atoms with van der Waals surface area (Å²) in [5.41, 5.74) is 1.19. The maximum absolute atomic E-state index is 13.6. The molecule has 114 valence electrons. The third-order valence-electron chi connectivity index (χ3n) is 4.24. The summed E-state index contributed by atoms with van der Waals surface area (Å²) in [7, 11) is 0. The number of nitrogens with zero attached hydrogens (tertiary/aromatic N) is 3. The third-order valence-corrected chi connectivity index (χ3v) is 4.24. The van der Waals surface area contributed by atoms with Gasteiger partial charge in [-0.15, -0.1) is 0 Å². The van der Waals surface area contributed by atoms with Gasteiger partial charge in [0, 0.05) is 0 Å². The molecule has 3 rings (SSSR count). The van der Waals surface area contributed by atoms with Gasteiger partial charge in [-0.1, -0.05) is 25.5 Å². The average Bonchev–Trinajstić information content (AvgIpc) is 2.87. The Kier molecular flexibility index (Phi) is 4.19. The highest BCUT2D eigenvalue weighted by Gasteiger charge is 2.30. The lowest BCUT2D eigenvalue weighted by Gasteiger charge is -2.35. The van der Waals surface area contributed by atoms with Crippen molar-refractivity contribution in [3.8, 4) is 0 Å². The molecule has 1 aliphatic heterocycles. The number of rotatable bonds is 4. The van der Waals surface area contributed by atoms with E-state index in [0.29, 0.717) is 16.9 Å². The number of piperidine rings is 1. The fourth-order valence-electron chi connectivity index (χ4n) is 3.34. The molecule has 1 saturated heterocycles. The van der Waals surface area contributed by atoms with Gasteiger partial charge in [0.05, 0.1) is 17.1 Å². The van der Waals surface area contributed by atoms with Gasteiger partial charge in [-0.05, 0) is 44.5 Å². The summed E-state index contributed by atoms with van der Waals surface area (Å²) in [6.45, 7) is 1.50. The first-order valence-corrected chi connectivity index (χ1v) is 7.71. The first-order valence-electron chi connectivity index (χ1n) is 7.71. The molecule has 0 aliphatic carbocycles. The van der Waals surface area contributed by atoms with Crippen molar-refractivity contribution >= 4 is 11.0 Å². The van der Waals surface area contributed by atoms with Crippen LogP contribution in [0.1, 0.15) is 51.0 Å². The molecule has 0 radical (unpaired) electrons. The standard InChI is InChI=1S/C16H21F2N3/c1-2-10-20-11-6-5-9-14(20)15-19-12-7-3-4-8-13(12)21(15)16(17)18/h3-4,7-8,14,16H,2,5-6,9-11H2,1H3. The van der Waals surface area contributed by atoms with Crippen molar-refractivity contribution in [3.05, 3.63) is 30.1 Å². The van der Waals surface area contributed by atoms with Crippen molar-refractivity contribution in [1.82, 2.24) is 14.5 Å². The van der Waals surface area contributed by atoms with Crippen LogP contribution in [0.5, 0.6) is 0 Å². The minimum absolute atomic E-state index is 0.0140. The van der Waals surface area contributed by atoms with E-state index in [2.05, 4.69) is 16.8 Å². The van der Waals surface area contributed by atoms with E-state index < -0.39 is 6.55 Å². The number of para-hydroxylation sites is 2. The zero-order valence-electron chi connectivity index (χ0n) is 12.3. The molecule has 0 N–H and O–H groups in total.